The number of rotatable bonds is 6. The first kappa shape index (κ1) is 20.3. The second-order valence-electron chi connectivity index (χ2n) is 6.25. The fourth-order valence-corrected chi connectivity index (χ4v) is 4.01. The van der Waals surface area contributed by atoms with E-state index in [1.807, 2.05) is 19.9 Å². The number of amides is 1. The van der Waals surface area contributed by atoms with Crippen molar-refractivity contribution in [2.75, 3.05) is 15.9 Å². The van der Waals surface area contributed by atoms with Gasteiger partial charge in [-0.3, -0.25) is 9.10 Å². The first-order valence-electron chi connectivity index (χ1n) is 8.26. The molecule has 5 nitrogen and oxygen atoms in total. The largest absolute Gasteiger partial charge is 0.324 e. The molecule has 0 spiro atoms. The van der Waals surface area contributed by atoms with Crippen molar-refractivity contribution in [3.63, 3.8) is 0 Å². The fourth-order valence-electron chi connectivity index (χ4n) is 2.68. The number of benzene rings is 2. The van der Waals surface area contributed by atoms with E-state index in [1.165, 1.54) is 4.31 Å². The Balaban J connectivity index is 2.39. The minimum Gasteiger partial charge on any atom is -0.324 e. The normalized spacial score (nSPS) is 12.5. The van der Waals surface area contributed by atoms with Crippen LogP contribution in [0, 0.1) is 13.8 Å². The molecule has 0 aliphatic carbocycles. The Kier molecular flexibility index (Phi) is 6.31. The van der Waals surface area contributed by atoms with E-state index in [-0.39, 0.29) is 0 Å². The zero-order valence-corrected chi connectivity index (χ0v) is 16.9. The van der Waals surface area contributed by atoms with Gasteiger partial charge in [0.2, 0.25) is 15.9 Å². The maximum Gasteiger partial charge on any atom is 0.248 e. The number of hydrogen-bond acceptors (Lipinski definition) is 3. The van der Waals surface area contributed by atoms with E-state index in [1.54, 1.807) is 43.3 Å². The van der Waals surface area contributed by atoms with Crippen molar-refractivity contribution in [1.82, 2.24) is 0 Å². The topological polar surface area (TPSA) is 66.5 Å². The molecule has 1 N–H and O–H groups in total. The van der Waals surface area contributed by atoms with Gasteiger partial charge in [0.15, 0.2) is 0 Å². The summed E-state index contributed by atoms with van der Waals surface area (Å²) in [6.07, 6.45) is 1.44. The molecule has 0 aromatic heterocycles. The minimum atomic E-state index is -3.65. The van der Waals surface area contributed by atoms with Crippen molar-refractivity contribution in [1.29, 1.82) is 0 Å². The maximum absolute atomic E-state index is 12.8. The Hall–Kier alpha value is -2.05. The minimum absolute atomic E-state index is 0.333. The molecule has 1 unspecified atom stereocenters. The average Bonchev–Trinajstić information content (AvgIpc) is 2.56. The van der Waals surface area contributed by atoms with E-state index in [9.17, 15) is 13.2 Å². The monoisotopic (exact) mass is 394 g/mol. The molecule has 1 atom stereocenters. The van der Waals surface area contributed by atoms with Crippen LogP contribution in [0.1, 0.15) is 24.5 Å². The molecule has 0 heterocycles. The van der Waals surface area contributed by atoms with Crippen molar-refractivity contribution in [3.8, 4) is 0 Å². The third kappa shape index (κ3) is 4.77. The van der Waals surface area contributed by atoms with Crippen LogP contribution >= 0.6 is 11.6 Å². The summed E-state index contributed by atoms with van der Waals surface area (Å²) in [7, 11) is -3.65. The van der Waals surface area contributed by atoms with Gasteiger partial charge in [-0.1, -0.05) is 24.6 Å². The predicted molar refractivity (Wildman–Crippen MR) is 107 cm³/mol. The van der Waals surface area contributed by atoms with Crippen molar-refractivity contribution < 1.29 is 13.2 Å². The highest BCUT2D eigenvalue weighted by atomic mass is 35.5. The Morgan fingerprint density at radius 1 is 1.12 bits per heavy atom. The smallest absolute Gasteiger partial charge is 0.248 e. The molecule has 2 aromatic rings. The van der Waals surface area contributed by atoms with Gasteiger partial charge in [-0.05, 0) is 67.8 Å². The number of carbonyl (C=O) groups is 1. The first-order chi connectivity index (χ1) is 12.1. The summed E-state index contributed by atoms with van der Waals surface area (Å²) in [5, 5.41) is 3.32. The highest BCUT2D eigenvalue weighted by Gasteiger charge is 2.31. The number of hydrogen-bond donors (Lipinski definition) is 1. The molecule has 7 heteroatoms. The Labute approximate surface area is 160 Å². The number of sulfonamides is 1. The van der Waals surface area contributed by atoms with Crippen LogP contribution in [-0.2, 0) is 14.8 Å². The summed E-state index contributed by atoms with van der Waals surface area (Å²) in [5.74, 6) is -0.390. The van der Waals surface area contributed by atoms with E-state index >= 15 is 0 Å². The van der Waals surface area contributed by atoms with E-state index in [0.717, 1.165) is 17.4 Å². The summed E-state index contributed by atoms with van der Waals surface area (Å²) >= 11 is 5.86. The van der Waals surface area contributed by atoms with Gasteiger partial charge in [0, 0.05) is 10.7 Å². The van der Waals surface area contributed by atoms with E-state index in [2.05, 4.69) is 5.32 Å². The van der Waals surface area contributed by atoms with Crippen LogP contribution in [0.3, 0.4) is 0 Å². The number of nitrogens with one attached hydrogen (secondary N) is 1. The summed E-state index contributed by atoms with van der Waals surface area (Å²) in [4.78, 5) is 12.8. The SMILES string of the molecule is CCC(C(=O)Nc1ccc(Cl)cc1)N(c1ccc(C)c(C)c1)S(C)(=O)=O. The Morgan fingerprint density at radius 3 is 2.23 bits per heavy atom. The molecule has 1 amide bonds. The summed E-state index contributed by atoms with van der Waals surface area (Å²) in [6.45, 7) is 5.65. The van der Waals surface area contributed by atoms with Crippen molar-refractivity contribution in [2.24, 2.45) is 0 Å². The third-order valence-corrected chi connectivity index (χ3v) is 5.62. The lowest BCUT2D eigenvalue weighted by Crippen LogP contribution is -2.47. The predicted octanol–water partition coefficient (Wildman–Crippen LogP) is 4.14. The van der Waals surface area contributed by atoms with Crippen LogP contribution in [0.15, 0.2) is 42.5 Å². The quantitative estimate of drug-likeness (QED) is 0.800. The molecular weight excluding hydrogens is 372 g/mol. The van der Waals surface area contributed by atoms with Gasteiger partial charge in [0.25, 0.3) is 0 Å². The van der Waals surface area contributed by atoms with Crippen LogP contribution < -0.4 is 9.62 Å². The number of nitrogens with zero attached hydrogens (tertiary/aromatic N) is 1. The molecule has 0 aliphatic rings. The van der Waals surface area contributed by atoms with Gasteiger partial charge in [-0.15, -0.1) is 0 Å². The van der Waals surface area contributed by atoms with Crippen LogP contribution in [-0.4, -0.2) is 26.6 Å². The fraction of sp³-hybridized carbons (Fsp3) is 0.316. The second-order valence-corrected chi connectivity index (χ2v) is 8.54. The van der Waals surface area contributed by atoms with Gasteiger partial charge in [-0.2, -0.15) is 0 Å². The molecule has 2 rings (SSSR count). The maximum atomic E-state index is 12.8. The number of aryl methyl sites for hydroxylation is 2. The lowest BCUT2D eigenvalue weighted by Gasteiger charge is -2.30. The number of carbonyl (C=O) groups excluding carboxylic acids is 1. The first-order valence-corrected chi connectivity index (χ1v) is 10.5. The molecular formula is C19H23ClN2O3S. The molecule has 140 valence electrons. The van der Waals surface area contributed by atoms with E-state index < -0.39 is 22.0 Å². The van der Waals surface area contributed by atoms with Crippen molar-refractivity contribution >= 4 is 38.9 Å². The van der Waals surface area contributed by atoms with Crippen LogP contribution in [0.2, 0.25) is 5.02 Å². The van der Waals surface area contributed by atoms with Crippen LogP contribution in [0.5, 0.6) is 0 Å². The average molecular weight is 395 g/mol. The molecule has 2 aromatic carbocycles. The highest BCUT2D eigenvalue weighted by Crippen LogP contribution is 2.26. The van der Waals surface area contributed by atoms with Gasteiger partial charge >= 0.3 is 0 Å². The molecule has 0 saturated heterocycles. The third-order valence-electron chi connectivity index (χ3n) is 4.19. The number of halogens is 1. The van der Waals surface area contributed by atoms with Gasteiger partial charge in [0.1, 0.15) is 6.04 Å². The van der Waals surface area contributed by atoms with Crippen molar-refractivity contribution in [2.45, 2.75) is 33.2 Å². The summed E-state index contributed by atoms with van der Waals surface area (Å²) in [6, 6.07) is 11.2. The van der Waals surface area contributed by atoms with E-state index in [4.69, 9.17) is 11.6 Å². The molecule has 0 bridgehead atoms. The Morgan fingerprint density at radius 2 is 1.73 bits per heavy atom. The zero-order chi connectivity index (χ0) is 19.5. The summed E-state index contributed by atoms with van der Waals surface area (Å²) in [5.41, 5.74) is 3.06. The van der Waals surface area contributed by atoms with Gasteiger partial charge < -0.3 is 5.32 Å². The molecule has 0 fully saturated rings. The second kappa shape index (κ2) is 8.10. The molecule has 0 radical (unpaired) electrons. The summed E-state index contributed by atoms with van der Waals surface area (Å²) < 4.78 is 26.1. The van der Waals surface area contributed by atoms with Crippen molar-refractivity contribution in [3.05, 3.63) is 58.6 Å². The Bertz CT molecular complexity index is 896. The standard InChI is InChI=1S/C19H23ClN2O3S/c1-5-18(19(23)21-16-9-7-15(20)8-10-16)22(26(4,24)25)17-11-6-13(2)14(3)12-17/h6-12,18H,5H2,1-4H3,(H,21,23). The lowest BCUT2D eigenvalue weighted by atomic mass is 10.1. The van der Waals surface area contributed by atoms with Crippen LogP contribution in [0.4, 0.5) is 11.4 Å². The van der Waals surface area contributed by atoms with Gasteiger partial charge in [0.05, 0.1) is 11.9 Å². The van der Waals surface area contributed by atoms with Crippen LogP contribution in [0.25, 0.3) is 0 Å². The molecule has 0 saturated carbocycles. The van der Waals surface area contributed by atoms with E-state index in [0.29, 0.717) is 22.8 Å². The lowest BCUT2D eigenvalue weighted by molar-refractivity contribution is -0.117. The molecule has 0 aliphatic heterocycles. The zero-order valence-electron chi connectivity index (χ0n) is 15.3. The highest BCUT2D eigenvalue weighted by molar-refractivity contribution is 7.92. The van der Waals surface area contributed by atoms with Gasteiger partial charge in [-0.25, -0.2) is 8.42 Å². The molecule has 26 heavy (non-hydrogen) atoms. The number of anilines is 2.